The molecule has 0 saturated heterocycles. The van der Waals surface area contributed by atoms with E-state index in [0.717, 1.165) is 6.42 Å². The van der Waals surface area contributed by atoms with Crippen molar-refractivity contribution in [2.45, 2.75) is 29.9 Å². The van der Waals surface area contributed by atoms with E-state index in [-0.39, 0.29) is 11.2 Å². The summed E-state index contributed by atoms with van der Waals surface area (Å²) in [5.74, 6) is 0.194. The van der Waals surface area contributed by atoms with E-state index in [1.165, 1.54) is 10.5 Å². The number of amides is 1. The van der Waals surface area contributed by atoms with E-state index in [0.29, 0.717) is 24.5 Å². The Morgan fingerprint density at radius 2 is 2.26 bits per heavy atom. The lowest BCUT2D eigenvalue weighted by Gasteiger charge is -2.23. The van der Waals surface area contributed by atoms with Gasteiger partial charge in [-0.3, -0.25) is 4.79 Å². The van der Waals surface area contributed by atoms with Gasteiger partial charge in [0.2, 0.25) is 5.91 Å². The van der Waals surface area contributed by atoms with E-state index in [4.69, 9.17) is 18.0 Å². The number of nitrogens with two attached hydrogens (primary N) is 1. The normalized spacial score (nSPS) is 17.0. The molecule has 1 aliphatic rings. The van der Waals surface area contributed by atoms with Crippen LogP contribution >= 0.6 is 24.0 Å². The lowest BCUT2D eigenvalue weighted by atomic mass is 10.1. The molecule has 0 spiro atoms. The quantitative estimate of drug-likeness (QED) is 0.846. The number of benzene rings is 1. The van der Waals surface area contributed by atoms with Crippen LogP contribution in [0.4, 0.5) is 0 Å². The second-order valence-electron chi connectivity index (χ2n) is 4.55. The van der Waals surface area contributed by atoms with Gasteiger partial charge < -0.3 is 10.6 Å². The van der Waals surface area contributed by atoms with Crippen molar-refractivity contribution in [3.8, 4) is 0 Å². The minimum Gasteiger partial charge on any atom is -0.393 e. The molecule has 0 fully saturated rings. The first-order valence-electron chi connectivity index (χ1n) is 6.43. The Balaban J connectivity index is 1.99. The van der Waals surface area contributed by atoms with Crippen LogP contribution in [0, 0.1) is 0 Å². The smallest absolute Gasteiger partial charge is 0.236 e. The predicted molar refractivity (Wildman–Crippen MR) is 83.4 cm³/mol. The number of carbonyl (C=O) groups excluding carboxylic acids is 1. The Morgan fingerprint density at radius 1 is 1.53 bits per heavy atom. The van der Waals surface area contributed by atoms with E-state index in [1.54, 1.807) is 11.8 Å². The van der Waals surface area contributed by atoms with Gasteiger partial charge in [0, 0.05) is 24.4 Å². The lowest BCUT2D eigenvalue weighted by Crippen LogP contribution is -2.39. The summed E-state index contributed by atoms with van der Waals surface area (Å²) in [4.78, 5) is 16.0. The molecule has 0 radical (unpaired) electrons. The molecule has 1 aliphatic heterocycles. The van der Waals surface area contributed by atoms with Gasteiger partial charge in [0.1, 0.15) is 0 Å². The average molecular weight is 294 g/mol. The highest BCUT2D eigenvalue weighted by molar-refractivity contribution is 8.01. The van der Waals surface area contributed by atoms with Gasteiger partial charge in [-0.05, 0) is 25.0 Å². The molecule has 1 unspecified atom stereocenters. The van der Waals surface area contributed by atoms with Crippen LogP contribution in [-0.4, -0.2) is 34.1 Å². The topological polar surface area (TPSA) is 46.3 Å². The molecule has 2 N–H and O–H groups in total. The van der Waals surface area contributed by atoms with Crippen molar-refractivity contribution in [3.05, 3.63) is 29.8 Å². The number of hydrogen-bond acceptors (Lipinski definition) is 3. The van der Waals surface area contributed by atoms with Crippen LogP contribution < -0.4 is 5.73 Å². The predicted octanol–water partition coefficient (Wildman–Crippen LogP) is 2.23. The van der Waals surface area contributed by atoms with E-state index >= 15 is 0 Å². The zero-order chi connectivity index (χ0) is 13.8. The molecule has 0 bridgehead atoms. The Kier molecular flexibility index (Phi) is 4.82. The number of rotatable bonds is 5. The number of fused-ring (bicyclic) bond motifs is 1. The minimum atomic E-state index is 0.00342. The van der Waals surface area contributed by atoms with Crippen LogP contribution in [0.1, 0.15) is 18.9 Å². The maximum Gasteiger partial charge on any atom is 0.236 e. The molecule has 102 valence electrons. The molecule has 0 saturated carbocycles. The van der Waals surface area contributed by atoms with Crippen LogP contribution in [0.5, 0.6) is 0 Å². The van der Waals surface area contributed by atoms with Crippen molar-refractivity contribution < 1.29 is 4.79 Å². The first-order valence-corrected chi connectivity index (χ1v) is 7.72. The lowest BCUT2D eigenvalue weighted by molar-refractivity contribution is -0.130. The zero-order valence-corrected chi connectivity index (χ0v) is 12.6. The van der Waals surface area contributed by atoms with Crippen molar-refractivity contribution in [1.29, 1.82) is 0 Å². The van der Waals surface area contributed by atoms with Gasteiger partial charge in [0.05, 0.1) is 10.2 Å². The fourth-order valence-corrected chi connectivity index (χ4v) is 3.56. The molecule has 3 nitrogen and oxygen atoms in total. The number of thioether (sulfide) groups is 1. The van der Waals surface area contributed by atoms with Gasteiger partial charge >= 0.3 is 0 Å². The number of carbonyl (C=O) groups is 1. The molecule has 1 aromatic carbocycles. The Labute approximate surface area is 123 Å². The second-order valence-corrected chi connectivity index (χ2v) is 6.32. The van der Waals surface area contributed by atoms with Gasteiger partial charge in [-0.25, -0.2) is 0 Å². The highest BCUT2D eigenvalue weighted by Crippen LogP contribution is 2.37. The van der Waals surface area contributed by atoms with Crippen molar-refractivity contribution in [2.24, 2.45) is 5.73 Å². The molecule has 2 rings (SSSR count). The van der Waals surface area contributed by atoms with Gasteiger partial charge in [0.15, 0.2) is 0 Å². The molecule has 1 amide bonds. The Morgan fingerprint density at radius 3 is 2.89 bits per heavy atom. The van der Waals surface area contributed by atoms with E-state index in [9.17, 15) is 4.79 Å². The van der Waals surface area contributed by atoms with Crippen LogP contribution in [0.15, 0.2) is 29.2 Å². The third-order valence-corrected chi connectivity index (χ3v) is 4.75. The summed E-state index contributed by atoms with van der Waals surface area (Å²) in [6, 6.07) is 8.22. The first kappa shape index (κ1) is 14.3. The van der Waals surface area contributed by atoms with E-state index < -0.39 is 0 Å². The molecule has 1 aromatic rings. The first-order chi connectivity index (χ1) is 9.11. The summed E-state index contributed by atoms with van der Waals surface area (Å²) in [5, 5.41) is 0.00342. The maximum absolute atomic E-state index is 12.5. The van der Waals surface area contributed by atoms with Gasteiger partial charge in [-0.15, -0.1) is 11.8 Å². The van der Waals surface area contributed by atoms with Crippen LogP contribution in [-0.2, 0) is 11.2 Å². The largest absolute Gasteiger partial charge is 0.393 e. The van der Waals surface area contributed by atoms with Crippen molar-refractivity contribution in [1.82, 2.24) is 4.90 Å². The summed E-state index contributed by atoms with van der Waals surface area (Å²) < 4.78 is 0. The number of thiocarbonyl (C=S) groups is 1. The Hall–Kier alpha value is -1.07. The van der Waals surface area contributed by atoms with Crippen molar-refractivity contribution in [3.63, 3.8) is 0 Å². The van der Waals surface area contributed by atoms with E-state index in [2.05, 4.69) is 12.1 Å². The van der Waals surface area contributed by atoms with Crippen LogP contribution in [0.25, 0.3) is 0 Å². The standard InChI is InChI=1S/C14H18N2OS2/c1-2-16(8-7-13(15)18)14(17)12-9-10-5-3-4-6-11(10)19-12/h3-6,12H,2,7-9H2,1H3,(H2,15,18). The molecular weight excluding hydrogens is 276 g/mol. The van der Waals surface area contributed by atoms with Gasteiger partial charge in [0.25, 0.3) is 0 Å². The summed E-state index contributed by atoms with van der Waals surface area (Å²) in [6.45, 7) is 3.32. The fraction of sp³-hybridized carbons (Fsp3) is 0.429. The fourth-order valence-electron chi connectivity index (χ4n) is 2.19. The summed E-state index contributed by atoms with van der Waals surface area (Å²) in [6.07, 6.45) is 1.42. The van der Waals surface area contributed by atoms with Crippen molar-refractivity contribution in [2.75, 3.05) is 13.1 Å². The second kappa shape index (κ2) is 6.39. The summed E-state index contributed by atoms with van der Waals surface area (Å²) in [5.41, 5.74) is 6.78. The number of hydrogen-bond donors (Lipinski definition) is 1. The van der Waals surface area contributed by atoms with Crippen LogP contribution in [0.2, 0.25) is 0 Å². The highest BCUT2D eigenvalue weighted by atomic mass is 32.2. The van der Waals surface area contributed by atoms with Gasteiger partial charge in [-0.2, -0.15) is 0 Å². The molecule has 0 aliphatic carbocycles. The van der Waals surface area contributed by atoms with Crippen molar-refractivity contribution >= 4 is 34.9 Å². The zero-order valence-electron chi connectivity index (χ0n) is 11.0. The number of nitrogens with zero attached hydrogens (tertiary/aromatic N) is 1. The molecule has 1 heterocycles. The maximum atomic E-state index is 12.5. The molecule has 1 atom stereocenters. The molecule has 19 heavy (non-hydrogen) atoms. The highest BCUT2D eigenvalue weighted by Gasteiger charge is 2.30. The van der Waals surface area contributed by atoms with Gasteiger partial charge in [-0.1, -0.05) is 30.4 Å². The average Bonchev–Trinajstić information content (AvgIpc) is 2.82. The third-order valence-electron chi connectivity index (χ3n) is 3.24. The monoisotopic (exact) mass is 294 g/mol. The Bertz CT molecular complexity index is 465. The molecule has 5 heteroatoms. The third kappa shape index (κ3) is 3.48. The molecule has 0 aromatic heterocycles. The van der Waals surface area contributed by atoms with E-state index in [1.807, 2.05) is 24.0 Å². The van der Waals surface area contributed by atoms with Crippen LogP contribution in [0.3, 0.4) is 0 Å². The SMILES string of the molecule is CCN(CCC(N)=S)C(=O)C1Cc2ccccc2S1. The molecular formula is C14H18N2OS2. The summed E-state index contributed by atoms with van der Waals surface area (Å²) >= 11 is 6.54. The minimum absolute atomic E-state index is 0.00342. The summed E-state index contributed by atoms with van der Waals surface area (Å²) in [7, 11) is 0.